The van der Waals surface area contributed by atoms with Crippen LogP contribution in [0, 0.1) is 13.8 Å². The topological polar surface area (TPSA) is 69.7 Å². The van der Waals surface area contributed by atoms with E-state index < -0.39 is 6.04 Å². The first-order chi connectivity index (χ1) is 10.8. The highest BCUT2D eigenvalue weighted by Gasteiger charge is 2.41. The van der Waals surface area contributed by atoms with Crippen LogP contribution in [0.2, 0.25) is 0 Å². The first kappa shape index (κ1) is 17.0. The van der Waals surface area contributed by atoms with Crippen molar-refractivity contribution in [3.63, 3.8) is 0 Å². The fourth-order valence-corrected chi connectivity index (χ4v) is 2.63. The van der Waals surface area contributed by atoms with Gasteiger partial charge in [0.15, 0.2) is 0 Å². The number of aryl methyl sites for hydroxylation is 2. The van der Waals surface area contributed by atoms with Gasteiger partial charge in [-0.05, 0) is 37.0 Å². The van der Waals surface area contributed by atoms with Crippen LogP contribution in [0.4, 0.5) is 4.79 Å². The van der Waals surface area contributed by atoms with Crippen LogP contribution in [0.15, 0.2) is 18.2 Å². The molecule has 6 nitrogen and oxygen atoms in total. The predicted molar refractivity (Wildman–Crippen MR) is 87.0 cm³/mol. The lowest BCUT2D eigenvalue weighted by molar-refractivity contribution is -0.131. The molecule has 1 atom stereocenters. The lowest BCUT2D eigenvalue weighted by Crippen LogP contribution is -2.37. The van der Waals surface area contributed by atoms with Crippen molar-refractivity contribution < 1.29 is 14.4 Å². The van der Waals surface area contributed by atoms with Gasteiger partial charge in [-0.15, -0.1) is 0 Å². The Bertz CT molecular complexity index is 642. The molecule has 1 aromatic rings. The van der Waals surface area contributed by atoms with Crippen LogP contribution in [-0.4, -0.2) is 54.3 Å². The maximum Gasteiger partial charge on any atom is 0.326 e. The quantitative estimate of drug-likeness (QED) is 0.831. The third-order valence-corrected chi connectivity index (χ3v) is 4.36. The summed E-state index contributed by atoms with van der Waals surface area (Å²) in [6.07, 6.45) is 0.735. The molecule has 0 unspecified atom stereocenters. The van der Waals surface area contributed by atoms with E-state index in [1.165, 1.54) is 30.1 Å². The fourth-order valence-electron chi connectivity index (χ4n) is 2.63. The number of likely N-dealkylation sites (N-methyl/N-ethyl adjacent to an activating group) is 2. The van der Waals surface area contributed by atoms with E-state index in [9.17, 15) is 14.4 Å². The van der Waals surface area contributed by atoms with Crippen molar-refractivity contribution >= 4 is 17.8 Å². The van der Waals surface area contributed by atoms with E-state index in [0.29, 0.717) is 6.54 Å². The van der Waals surface area contributed by atoms with Gasteiger partial charge in [0, 0.05) is 20.6 Å². The Hall–Kier alpha value is -2.37. The Labute approximate surface area is 136 Å². The molecule has 1 fully saturated rings. The van der Waals surface area contributed by atoms with Crippen LogP contribution in [0.25, 0.3) is 0 Å². The summed E-state index contributed by atoms with van der Waals surface area (Å²) in [5, 5.41) is 2.82. The lowest BCUT2D eigenvalue weighted by atomic mass is 10.0. The molecular formula is C17H23N3O3. The predicted octanol–water partition coefficient (Wildman–Crippen LogP) is 1.24. The van der Waals surface area contributed by atoms with Crippen molar-refractivity contribution in [2.45, 2.75) is 32.7 Å². The molecule has 1 aliphatic rings. The number of benzene rings is 1. The van der Waals surface area contributed by atoms with Crippen LogP contribution in [0.3, 0.4) is 0 Å². The molecule has 2 rings (SSSR count). The second kappa shape index (κ2) is 6.81. The summed E-state index contributed by atoms with van der Waals surface area (Å²) in [4.78, 5) is 37.9. The Balaban J connectivity index is 1.82. The maximum atomic E-state index is 12.0. The highest BCUT2D eigenvalue weighted by molar-refractivity contribution is 6.05. The molecule has 1 N–H and O–H groups in total. The number of nitrogens with zero attached hydrogens (tertiary/aromatic N) is 2. The number of imide groups is 1. The molecular weight excluding hydrogens is 294 g/mol. The van der Waals surface area contributed by atoms with E-state index in [0.717, 1.165) is 16.9 Å². The van der Waals surface area contributed by atoms with Crippen LogP contribution in [0.1, 0.15) is 23.1 Å². The van der Waals surface area contributed by atoms with Crippen LogP contribution in [0.5, 0.6) is 0 Å². The minimum atomic E-state index is -0.700. The van der Waals surface area contributed by atoms with E-state index in [1.54, 1.807) is 0 Å². The zero-order chi connectivity index (χ0) is 17.1. The molecule has 1 aliphatic heterocycles. The molecule has 0 aliphatic carbocycles. The molecule has 1 aromatic carbocycles. The molecule has 1 saturated heterocycles. The molecule has 0 aromatic heterocycles. The van der Waals surface area contributed by atoms with Gasteiger partial charge in [0.2, 0.25) is 5.91 Å². The summed E-state index contributed by atoms with van der Waals surface area (Å²) in [6.45, 7) is 4.64. The number of amides is 4. The van der Waals surface area contributed by atoms with E-state index >= 15 is 0 Å². The largest absolute Gasteiger partial charge is 0.356 e. The van der Waals surface area contributed by atoms with Gasteiger partial charge >= 0.3 is 6.03 Å². The van der Waals surface area contributed by atoms with Gasteiger partial charge in [-0.3, -0.25) is 14.5 Å². The van der Waals surface area contributed by atoms with Crippen LogP contribution in [-0.2, 0) is 16.0 Å². The molecule has 124 valence electrons. The molecule has 4 amide bonds. The highest BCUT2D eigenvalue weighted by Crippen LogP contribution is 2.16. The third-order valence-electron chi connectivity index (χ3n) is 4.36. The van der Waals surface area contributed by atoms with Gasteiger partial charge < -0.3 is 10.2 Å². The number of carbonyl (C=O) groups excluding carboxylic acids is 3. The minimum absolute atomic E-state index is 0.00165. The molecule has 6 heteroatoms. The zero-order valence-corrected chi connectivity index (χ0v) is 14.0. The molecule has 1 heterocycles. The van der Waals surface area contributed by atoms with Gasteiger partial charge in [-0.2, -0.15) is 0 Å². The summed E-state index contributed by atoms with van der Waals surface area (Å²) < 4.78 is 0. The second-order valence-corrected chi connectivity index (χ2v) is 6.03. The van der Waals surface area contributed by atoms with E-state index in [2.05, 4.69) is 37.4 Å². The van der Waals surface area contributed by atoms with Crippen molar-refractivity contribution in [1.29, 1.82) is 0 Å². The first-order valence-corrected chi connectivity index (χ1v) is 7.68. The highest BCUT2D eigenvalue weighted by atomic mass is 16.2. The summed E-state index contributed by atoms with van der Waals surface area (Å²) in [6, 6.07) is 5.16. The van der Waals surface area contributed by atoms with E-state index in [4.69, 9.17) is 0 Å². The fraction of sp³-hybridized carbons (Fsp3) is 0.471. The molecule has 0 spiro atoms. The minimum Gasteiger partial charge on any atom is -0.356 e. The van der Waals surface area contributed by atoms with Crippen molar-refractivity contribution in [2.24, 2.45) is 0 Å². The Kier molecular flexibility index (Phi) is 5.03. The molecule has 23 heavy (non-hydrogen) atoms. The number of nitrogens with one attached hydrogen (secondary N) is 1. The Morgan fingerprint density at radius 3 is 2.43 bits per heavy atom. The molecule has 0 radical (unpaired) electrons. The molecule has 0 bridgehead atoms. The number of hydrogen-bond donors (Lipinski definition) is 1. The Morgan fingerprint density at radius 2 is 1.87 bits per heavy atom. The standard InChI is InChI=1S/C17H23N3O3/c1-11-5-6-13(9-12(11)2)7-8-18-15(21)10-14-16(22)20(4)17(23)19(14)3/h5-6,9,14H,7-8,10H2,1-4H3,(H,18,21)/t14-/m1/s1. The van der Waals surface area contributed by atoms with Gasteiger partial charge in [0.25, 0.3) is 5.91 Å². The molecule has 0 saturated carbocycles. The summed E-state index contributed by atoms with van der Waals surface area (Å²) in [5.41, 5.74) is 3.64. The zero-order valence-electron chi connectivity index (χ0n) is 14.0. The third kappa shape index (κ3) is 3.70. The number of carbonyl (C=O) groups is 3. The van der Waals surface area contributed by atoms with E-state index in [1.807, 2.05) is 0 Å². The maximum absolute atomic E-state index is 12.0. The van der Waals surface area contributed by atoms with Crippen LogP contribution >= 0.6 is 0 Å². The average Bonchev–Trinajstić information content (AvgIpc) is 2.69. The normalized spacial score (nSPS) is 17.8. The second-order valence-electron chi connectivity index (χ2n) is 6.03. The lowest BCUT2D eigenvalue weighted by Gasteiger charge is -2.15. The summed E-state index contributed by atoms with van der Waals surface area (Å²) in [7, 11) is 2.97. The number of rotatable bonds is 5. The van der Waals surface area contributed by atoms with Crippen molar-refractivity contribution in [2.75, 3.05) is 20.6 Å². The van der Waals surface area contributed by atoms with Gasteiger partial charge in [-0.1, -0.05) is 18.2 Å². The van der Waals surface area contributed by atoms with Gasteiger partial charge in [0.05, 0.1) is 6.42 Å². The Morgan fingerprint density at radius 1 is 1.17 bits per heavy atom. The summed E-state index contributed by atoms with van der Waals surface area (Å²) >= 11 is 0. The van der Waals surface area contributed by atoms with Crippen LogP contribution < -0.4 is 5.32 Å². The van der Waals surface area contributed by atoms with Gasteiger partial charge in [-0.25, -0.2) is 4.79 Å². The summed E-state index contributed by atoms with van der Waals surface area (Å²) in [5.74, 6) is -0.552. The SMILES string of the molecule is Cc1ccc(CCNC(=O)C[C@@H]2C(=O)N(C)C(=O)N2C)cc1C. The van der Waals surface area contributed by atoms with Crippen molar-refractivity contribution in [3.05, 3.63) is 34.9 Å². The van der Waals surface area contributed by atoms with Crippen molar-refractivity contribution in [3.8, 4) is 0 Å². The number of urea groups is 1. The average molecular weight is 317 g/mol. The first-order valence-electron chi connectivity index (χ1n) is 7.68. The smallest absolute Gasteiger partial charge is 0.326 e. The van der Waals surface area contributed by atoms with Gasteiger partial charge in [0.1, 0.15) is 6.04 Å². The van der Waals surface area contributed by atoms with Crippen molar-refractivity contribution in [1.82, 2.24) is 15.1 Å². The van der Waals surface area contributed by atoms with E-state index in [-0.39, 0.29) is 24.3 Å². The number of hydrogen-bond acceptors (Lipinski definition) is 3. The monoisotopic (exact) mass is 317 g/mol.